The van der Waals surface area contributed by atoms with Crippen LogP contribution in [0.3, 0.4) is 0 Å². The Balaban J connectivity index is 1.73. The van der Waals surface area contributed by atoms with Gasteiger partial charge in [-0.05, 0) is 12.1 Å². The summed E-state index contributed by atoms with van der Waals surface area (Å²) >= 11 is 0. The molecule has 0 aliphatic carbocycles. The average Bonchev–Trinajstić information content (AvgIpc) is 2.93. The highest BCUT2D eigenvalue weighted by Crippen LogP contribution is 2.13. The van der Waals surface area contributed by atoms with Gasteiger partial charge in [0.2, 0.25) is 5.91 Å². The second-order valence-electron chi connectivity index (χ2n) is 5.22. The van der Waals surface area contributed by atoms with Crippen molar-refractivity contribution in [3.05, 3.63) is 52.1 Å². The van der Waals surface area contributed by atoms with Crippen LogP contribution in [-0.2, 0) is 18.3 Å². The lowest BCUT2D eigenvalue weighted by Gasteiger charge is -2.06. The molecule has 2 N–H and O–H groups in total. The SMILES string of the molecule is Cn1ncc(C#N)c1NC(=O)CCc1nc2ccccc2[nH]c1=O. The van der Waals surface area contributed by atoms with Gasteiger partial charge < -0.3 is 10.3 Å². The molecule has 24 heavy (non-hydrogen) atoms. The summed E-state index contributed by atoms with van der Waals surface area (Å²) in [5.74, 6) is 0.0207. The Hall–Kier alpha value is -3.47. The minimum Gasteiger partial charge on any atom is -0.319 e. The fourth-order valence-electron chi connectivity index (χ4n) is 2.33. The van der Waals surface area contributed by atoms with Crippen LogP contribution in [0.15, 0.2) is 35.3 Å². The van der Waals surface area contributed by atoms with Crippen molar-refractivity contribution in [2.45, 2.75) is 12.8 Å². The molecule has 0 aliphatic rings. The number of aromatic nitrogens is 4. The van der Waals surface area contributed by atoms with Crippen molar-refractivity contribution < 1.29 is 4.79 Å². The van der Waals surface area contributed by atoms with Crippen molar-refractivity contribution in [2.75, 3.05) is 5.32 Å². The number of hydrogen-bond acceptors (Lipinski definition) is 5. The maximum atomic E-state index is 12.1. The van der Waals surface area contributed by atoms with Crippen molar-refractivity contribution in [3.63, 3.8) is 0 Å². The Morgan fingerprint density at radius 1 is 1.42 bits per heavy atom. The maximum absolute atomic E-state index is 12.1. The molecule has 8 nitrogen and oxygen atoms in total. The Kier molecular flexibility index (Phi) is 4.07. The number of nitrogens with one attached hydrogen (secondary N) is 2. The number of para-hydroxylation sites is 2. The van der Waals surface area contributed by atoms with E-state index in [0.29, 0.717) is 22.5 Å². The van der Waals surface area contributed by atoms with Gasteiger partial charge in [0.1, 0.15) is 23.1 Å². The minimum atomic E-state index is -0.315. The predicted molar refractivity (Wildman–Crippen MR) is 87.2 cm³/mol. The molecule has 1 aromatic carbocycles. The van der Waals surface area contributed by atoms with Gasteiger partial charge in [0, 0.05) is 19.9 Å². The van der Waals surface area contributed by atoms with Crippen LogP contribution in [0.4, 0.5) is 5.82 Å². The van der Waals surface area contributed by atoms with Gasteiger partial charge >= 0.3 is 0 Å². The predicted octanol–water partition coefficient (Wildman–Crippen LogP) is 1.10. The first-order valence-electron chi connectivity index (χ1n) is 7.28. The number of amides is 1. The zero-order chi connectivity index (χ0) is 17.1. The van der Waals surface area contributed by atoms with E-state index < -0.39 is 0 Å². The van der Waals surface area contributed by atoms with Crippen LogP contribution in [-0.4, -0.2) is 25.7 Å². The van der Waals surface area contributed by atoms with Gasteiger partial charge in [-0.2, -0.15) is 10.4 Å². The van der Waals surface area contributed by atoms with E-state index in [4.69, 9.17) is 5.26 Å². The summed E-state index contributed by atoms with van der Waals surface area (Å²) in [6.45, 7) is 0. The number of anilines is 1. The molecule has 3 aromatic rings. The molecule has 2 aromatic heterocycles. The summed E-state index contributed by atoms with van der Waals surface area (Å²) in [5, 5.41) is 15.5. The van der Waals surface area contributed by atoms with Gasteiger partial charge in [-0.25, -0.2) is 4.98 Å². The van der Waals surface area contributed by atoms with E-state index in [1.165, 1.54) is 10.9 Å². The molecule has 120 valence electrons. The molecule has 0 saturated heterocycles. The van der Waals surface area contributed by atoms with Gasteiger partial charge in [0.15, 0.2) is 0 Å². The van der Waals surface area contributed by atoms with E-state index in [0.717, 1.165) is 0 Å². The monoisotopic (exact) mass is 322 g/mol. The summed E-state index contributed by atoms with van der Waals surface area (Å²) in [7, 11) is 1.63. The van der Waals surface area contributed by atoms with Gasteiger partial charge in [0.25, 0.3) is 5.56 Å². The number of hydrogen-bond donors (Lipinski definition) is 2. The van der Waals surface area contributed by atoms with Gasteiger partial charge in [-0.15, -0.1) is 0 Å². The smallest absolute Gasteiger partial charge is 0.270 e. The lowest BCUT2D eigenvalue weighted by Crippen LogP contribution is -2.20. The molecule has 0 bridgehead atoms. The largest absolute Gasteiger partial charge is 0.319 e. The number of benzene rings is 1. The summed E-state index contributed by atoms with van der Waals surface area (Å²) in [6.07, 6.45) is 1.65. The number of carbonyl (C=O) groups is 1. The topological polar surface area (TPSA) is 116 Å². The van der Waals surface area contributed by atoms with E-state index in [1.54, 1.807) is 19.2 Å². The highest BCUT2D eigenvalue weighted by Gasteiger charge is 2.13. The number of fused-ring (bicyclic) bond motifs is 1. The molecule has 0 fully saturated rings. The number of H-pyrrole nitrogens is 1. The molecule has 3 rings (SSSR count). The first-order valence-corrected chi connectivity index (χ1v) is 7.28. The van der Waals surface area contributed by atoms with Crippen LogP contribution in [0.25, 0.3) is 11.0 Å². The van der Waals surface area contributed by atoms with E-state index in [9.17, 15) is 9.59 Å². The zero-order valence-corrected chi connectivity index (χ0v) is 12.9. The second-order valence-corrected chi connectivity index (χ2v) is 5.22. The molecule has 0 radical (unpaired) electrons. The molecule has 1 amide bonds. The molecular weight excluding hydrogens is 308 g/mol. The van der Waals surface area contributed by atoms with Gasteiger partial charge in [-0.1, -0.05) is 12.1 Å². The van der Waals surface area contributed by atoms with Crippen LogP contribution < -0.4 is 10.9 Å². The van der Waals surface area contributed by atoms with Crippen LogP contribution in [0.5, 0.6) is 0 Å². The fraction of sp³-hybridized carbons (Fsp3) is 0.188. The van der Waals surface area contributed by atoms with Gasteiger partial charge in [-0.3, -0.25) is 14.3 Å². The standard InChI is InChI=1S/C16H14N6O2/c1-22-15(10(8-17)9-18-22)21-14(23)7-6-13-16(24)20-12-5-3-2-4-11(12)19-13/h2-5,9H,6-7H2,1H3,(H,20,24)(H,21,23). The maximum Gasteiger partial charge on any atom is 0.270 e. The van der Waals surface area contributed by atoms with E-state index >= 15 is 0 Å². The molecule has 0 atom stereocenters. The summed E-state index contributed by atoms with van der Waals surface area (Å²) in [6, 6.07) is 9.17. The first-order chi connectivity index (χ1) is 11.6. The number of nitriles is 1. The minimum absolute atomic E-state index is 0.0739. The van der Waals surface area contributed by atoms with Crippen LogP contribution in [0.1, 0.15) is 17.7 Å². The Morgan fingerprint density at radius 3 is 3.00 bits per heavy atom. The van der Waals surface area contributed by atoms with Crippen LogP contribution in [0.2, 0.25) is 0 Å². The third-order valence-electron chi connectivity index (χ3n) is 3.58. The Bertz CT molecular complexity index is 1010. The second kappa shape index (κ2) is 6.34. The molecule has 0 saturated carbocycles. The number of carbonyl (C=O) groups excluding carboxylic acids is 1. The number of nitrogens with zero attached hydrogens (tertiary/aromatic N) is 4. The average molecular weight is 322 g/mol. The van der Waals surface area contributed by atoms with Gasteiger partial charge in [0.05, 0.1) is 17.2 Å². The molecule has 0 spiro atoms. The third kappa shape index (κ3) is 3.01. The van der Waals surface area contributed by atoms with Crippen molar-refractivity contribution in [3.8, 4) is 6.07 Å². The molecular formula is C16H14N6O2. The summed E-state index contributed by atoms with van der Waals surface area (Å²) in [5.41, 5.74) is 1.61. The number of rotatable bonds is 4. The van der Waals surface area contributed by atoms with E-state index in [-0.39, 0.29) is 29.9 Å². The van der Waals surface area contributed by atoms with Crippen molar-refractivity contribution in [2.24, 2.45) is 7.05 Å². The summed E-state index contributed by atoms with van der Waals surface area (Å²) in [4.78, 5) is 31.1. The number of aromatic amines is 1. The fourth-order valence-corrected chi connectivity index (χ4v) is 2.33. The van der Waals surface area contributed by atoms with Crippen LogP contribution >= 0.6 is 0 Å². The van der Waals surface area contributed by atoms with Crippen molar-refractivity contribution in [1.82, 2.24) is 19.7 Å². The Labute approximate surface area is 136 Å². The molecule has 8 heteroatoms. The number of aryl methyl sites for hydroxylation is 2. The molecule has 0 unspecified atom stereocenters. The molecule has 0 aliphatic heterocycles. The first kappa shape index (κ1) is 15.4. The normalized spacial score (nSPS) is 10.5. The van der Waals surface area contributed by atoms with Crippen molar-refractivity contribution in [1.29, 1.82) is 5.26 Å². The molecule has 2 heterocycles. The van der Waals surface area contributed by atoms with E-state index in [1.807, 2.05) is 18.2 Å². The van der Waals surface area contributed by atoms with E-state index in [2.05, 4.69) is 20.4 Å². The zero-order valence-electron chi connectivity index (χ0n) is 12.9. The summed E-state index contributed by atoms with van der Waals surface area (Å²) < 4.78 is 1.41. The lowest BCUT2D eigenvalue weighted by molar-refractivity contribution is -0.116. The van der Waals surface area contributed by atoms with Crippen molar-refractivity contribution >= 4 is 22.8 Å². The highest BCUT2D eigenvalue weighted by molar-refractivity contribution is 5.91. The third-order valence-corrected chi connectivity index (χ3v) is 3.58. The highest BCUT2D eigenvalue weighted by atomic mass is 16.1. The Morgan fingerprint density at radius 2 is 2.21 bits per heavy atom. The van der Waals surface area contributed by atoms with Crippen LogP contribution in [0, 0.1) is 11.3 Å². The lowest BCUT2D eigenvalue weighted by atomic mass is 10.2. The quantitative estimate of drug-likeness (QED) is 0.746.